The van der Waals surface area contributed by atoms with Gasteiger partial charge in [0.2, 0.25) is 0 Å². The maximum atomic E-state index is 11.7. The first-order valence-electron chi connectivity index (χ1n) is 6.68. The number of nitrogens with one attached hydrogen (secondary N) is 1. The van der Waals surface area contributed by atoms with Crippen molar-refractivity contribution >= 4 is 32.8 Å². The average molecular weight is 338 g/mol. The number of fused-ring (bicyclic) bond motifs is 1. The molecule has 1 fully saturated rings. The highest BCUT2D eigenvalue weighted by molar-refractivity contribution is 9.10. The number of aromatic amines is 1. The second kappa shape index (κ2) is 5.58. The van der Waals surface area contributed by atoms with Gasteiger partial charge < -0.3 is 14.5 Å². The van der Waals surface area contributed by atoms with Crippen LogP contribution in [0.3, 0.4) is 0 Å². The number of esters is 1. The van der Waals surface area contributed by atoms with Crippen LogP contribution < -0.4 is 0 Å². The number of benzene rings is 1. The zero-order valence-corrected chi connectivity index (χ0v) is 12.8. The lowest BCUT2D eigenvalue weighted by Gasteiger charge is -2.22. The molecule has 1 saturated heterocycles. The molecule has 1 aromatic heterocycles. The zero-order chi connectivity index (χ0) is 14.1. The summed E-state index contributed by atoms with van der Waals surface area (Å²) >= 11 is 3.46. The number of rotatable bonds is 2. The number of hydrogen-bond acceptors (Lipinski definition) is 3. The third-order valence-corrected chi connectivity index (χ3v) is 4.67. The Balaban J connectivity index is 2.00. The van der Waals surface area contributed by atoms with Crippen LogP contribution in [0.5, 0.6) is 0 Å². The van der Waals surface area contributed by atoms with E-state index in [2.05, 4.69) is 33.0 Å². The highest BCUT2D eigenvalue weighted by atomic mass is 79.9. The number of carbonyl (C=O) groups is 1. The predicted molar refractivity (Wildman–Crippen MR) is 80.1 cm³/mol. The molecule has 0 bridgehead atoms. The monoisotopic (exact) mass is 337 g/mol. The van der Waals surface area contributed by atoms with Gasteiger partial charge in [0, 0.05) is 24.1 Å². The lowest BCUT2D eigenvalue weighted by atomic mass is 9.91. The summed E-state index contributed by atoms with van der Waals surface area (Å²) < 4.78 is 10.9. The van der Waals surface area contributed by atoms with E-state index < -0.39 is 0 Å². The summed E-state index contributed by atoms with van der Waals surface area (Å²) in [5, 5.41) is 1.00. The van der Waals surface area contributed by atoms with E-state index in [1.54, 1.807) is 0 Å². The molecule has 2 heterocycles. The van der Waals surface area contributed by atoms with Crippen molar-refractivity contribution in [1.82, 2.24) is 4.98 Å². The van der Waals surface area contributed by atoms with Gasteiger partial charge in [-0.15, -0.1) is 0 Å². The fourth-order valence-electron chi connectivity index (χ4n) is 2.71. The second-order valence-electron chi connectivity index (χ2n) is 5.00. The lowest BCUT2D eigenvalue weighted by Crippen LogP contribution is -2.13. The smallest absolute Gasteiger partial charge is 0.355 e. The minimum Gasteiger partial charge on any atom is -0.464 e. The van der Waals surface area contributed by atoms with E-state index in [4.69, 9.17) is 9.47 Å². The Bertz CT molecular complexity index is 644. The van der Waals surface area contributed by atoms with Gasteiger partial charge in [-0.05, 0) is 46.3 Å². The molecule has 0 aliphatic carbocycles. The number of ether oxygens (including phenoxy) is 2. The zero-order valence-electron chi connectivity index (χ0n) is 11.2. The molecule has 0 unspecified atom stereocenters. The van der Waals surface area contributed by atoms with Crippen molar-refractivity contribution in [3.63, 3.8) is 0 Å². The average Bonchev–Trinajstić information content (AvgIpc) is 2.84. The largest absolute Gasteiger partial charge is 0.464 e. The molecule has 1 aliphatic heterocycles. The maximum Gasteiger partial charge on any atom is 0.355 e. The standard InChI is InChI=1S/C15H16BrNO3/c1-19-15(18)14-13(16)11-3-2-10(8-12(11)17-14)9-4-6-20-7-5-9/h2-3,8-9,17H,4-7H2,1H3. The molecule has 0 saturated carbocycles. The maximum absolute atomic E-state index is 11.7. The van der Waals surface area contributed by atoms with Gasteiger partial charge in [-0.1, -0.05) is 12.1 Å². The SMILES string of the molecule is COC(=O)c1[nH]c2cc(C3CCOCC3)ccc2c1Br. The molecular weight excluding hydrogens is 322 g/mol. The van der Waals surface area contributed by atoms with Gasteiger partial charge in [0.1, 0.15) is 5.69 Å². The van der Waals surface area contributed by atoms with E-state index in [0.29, 0.717) is 11.6 Å². The van der Waals surface area contributed by atoms with E-state index in [0.717, 1.165) is 41.4 Å². The molecule has 20 heavy (non-hydrogen) atoms. The summed E-state index contributed by atoms with van der Waals surface area (Å²) in [6.07, 6.45) is 2.11. The van der Waals surface area contributed by atoms with Crippen molar-refractivity contribution in [1.29, 1.82) is 0 Å². The Morgan fingerprint density at radius 2 is 2.15 bits per heavy atom. The van der Waals surface area contributed by atoms with Gasteiger partial charge in [0.15, 0.2) is 0 Å². The van der Waals surface area contributed by atoms with Gasteiger partial charge in [-0.2, -0.15) is 0 Å². The molecule has 5 heteroatoms. The summed E-state index contributed by atoms with van der Waals surface area (Å²) in [4.78, 5) is 14.8. The van der Waals surface area contributed by atoms with Crippen LogP contribution in [-0.2, 0) is 9.47 Å². The quantitative estimate of drug-likeness (QED) is 0.851. The van der Waals surface area contributed by atoms with Crippen LogP contribution in [0.4, 0.5) is 0 Å². The fourth-order valence-corrected chi connectivity index (χ4v) is 3.32. The van der Waals surface area contributed by atoms with Gasteiger partial charge >= 0.3 is 5.97 Å². The molecular formula is C15H16BrNO3. The van der Waals surface area contributed by atoms with Crippen molar-refractivity contribution < 1.29 is 14.3 Å². The van der Waals surface area contributed by atoms with Crippen LogP contribution in [0.15, 0.2) is 22.7 Å². The molecule has 0 spiro atoms. The third-order valence-electron chi connectivity index (χ3n) is 3.84. The van der Waals surface area contributed by atoms with E-state index in [1.165, 1.54) is 12.7 Å². The van der Waals surface area contributed by atoms with Crippen LogP contribution in [0, 0.1) is 0 Å². The van der Waals surface area contributed by atoms with E-state index >= 15 is 0 Å². The lowest BCUT2D eigenvalue weighted by molar-refractivity contribution is 0.0594. The molecule has 1 N–H and O–H groups in total. The Morgan fingerprint density at radius 1 is 1.40 bits per heavy atom. The second-order valence-corrected chi connectivity index (χ2v) is 5.79. The molecule has 1 aromatic carbocycles. The number of halogens is 1. The van der Waals surface area contributed by atoms with Crippen molar-refractivity contribution in [2.75, 3.05) is 20.3 Å². The van der Waals surface area contributed by atoms with Crippen molar-refractivity contribution in [2.45, 2.75) is 18.8 Å². The van der Waals surface area contributed by atoms with E-state index in [1.807, 2.05) is 6.07 Å². The summed E-state index contributed by atoms with van der Waals surface area (Å²) in [6.45, 7) is 1.65. The normalized spacial score (nSPS) is 16.5. The highest BCUT2D eigenvalue weighted by Gasteiger charge is 2.19. The van der Waals surface area contributed by atoms with Gasteiger partial charge in [0.25, 0.3) is 0 Å². The Morgan fingerprint density at radius 3 is 2.85 bits per heavy atom. The van der Waals surface area contributed by atoms with Gasteiger partial charge in [-0.25, -0.2) is 4.79 Å². The molecule has 3 rings (SSSR count). The Kier molecular flexibility index (Phi) is 3.81. The summed E-state index contributed by atoms with van der Waals surface area (Å²) in [5.41, 5.74) is 2.72. The minimum absolute atomic E-state index is 0.360. The van der Waals surface area contributed by atoms with Gasteiger partial charge in [0.05, 0.1) is 11.6 Å². The first-order chi connectivity index (χ1) is 9.70. The minimum atomic E-state index is -0.360. The first kappa shape index (κ1) is 13.6. The number of H-pyrrole nitrogens is 1. The molecule has 4 nitrogen and oxygen atoms in total. The summed E-state index contributed by atoms with van der Waals surface area (Å²) in [6, 6.07) is 6.31. The van der Waals surface area contributed by atoms with Crippen molar-refractivity contribution in [3.8, 4) is 0 Å². The summed E-state index contributed by atoms with van der Waals surface area (Å²) in [5.74, 6) is 0.178. The highest BCUT2D eigenvalue weighted by Crippen LogP contribution is 2.33. The van der Waals surface area contributed by atoms with Crippen molar-refractivity contribution in [2.24, 2.45) is 0 Å². The van der Waals surface area contributed by atoms with Crippen LogP contribution in [0.2, 0.25) is 0 Å². The molecule has 0 radical (unpaired) electrons. The summed E-state index contributed by atoms with van der Waals surface area (Å²) in [7, 11) is 1.38. The molecule has 106 valence electrons. The predicted octanol–water partition coefficient (Wildman–Crippen LogP) is 3.61. The molecule has 0 amide bonds. The van der Waals surface area contributed by atoms with E-state index in [9.17, 15) is 4.79 Å². The van der Waals surface area contributed by atoms with Crippen LogP contribution in [-0.4, -0.2) is 31.3 Å². The number of aromatic nitrogens is 1. The Labute approximate surface area is 125 Å². The third kappa shape index (κ3) is 2.36. The fraction of sp³-hybridized carbons (Fsp3) is 0.400. The number of carbonyl (C=O) groups excluding carboxylic acids is 1. The van der Waals surface area contributed by atoms with Crippen molar-refractivity contribution in [3.05, 3.63) is 33.9 Å². The van der Waals surface area contributed by atoms with Crippen LogP contribution in [0.25, 0.3) is 10.9 Å². The van der Waals surface area contributed by atoms with Crippen LogP contribution >= 0.6 is 15.9 Å². The first-order valence-corrected chi connectivity index (χ1v) is 7.47. The Hall–Kier alpha value is -1.33. The molecule has 2 aromatic rings. The van der Waals surface area contributed by atoms with E-state index in [-0.39, 0.29) is 5.97 Å². The number of hydrogen-bond donors (Lipinski definition) is 1. The van der Waals surface area contributed by atoms with Gasteiger partial charge in [-0.3, -0.25) is 0 Å². The molecule has 0 atom stereocenters. The number of methoxy groups -OCH3 is 1. The topological polar surface area (TPSA) is 51.3 Å². The van der Waals surface area contributed by atoms with Crippen LogP contribution in [0.1, 0.15) is 34.8 Å². The molecule has 1 aliphatic rings.